The van der Waals surface area contributed by atoms with E-state index in [1.807, 2.05) is 24.3 Å². The number of nitrogens with one attached hydrogen (secondary N) is 1. The fourth-order valence-corrected chi connectivity index (χ4v) is 3.11. The van der Waals surface area contributed by atoms with Gasteiger partial charge in [-0.2, -0.15) is 0 Å². The Hall–Kier alpha value is -3.19. The van der Waals surface area contributed by atoms with Gasteiger partial charge >= 0.3 is 5.97 Å². The van der Waals surface area contributed by atoms with Crippen LogP contribution in [0.5, 0.6) is 5.75 Å². The lowest BCUT2D eigenvalue weighted by molar-refractivity contribution is -0.121. The highest BCUT2D eigenvalue weighted by Gasteiger charge is 2.39. The van der Waals surface area contributed by atoms with Crippen molar-refractivity contribution in [3.8, 4) is 5.75 Å². The predicted molar refractivity (Wildman–Crippen MR) is 103 cm³/mol. The van der Waals surface area contributed by atoms with Gasteiger partial charge in [-0.15, -0.1) is 0 Å². The van der Waals surface area contributed by atoms with Crippen LogP contribution >= 0.6 is 0 Å². The van der Waals surface area contributed by atoms with Crippen LogP contribution in [-0.2, 0) is 20.7 Å². The van der Waals surface area contributed by atoms with Crippen LogP contribution in [-0.4, -0.2) is 44.6 Å². The Kier molecular flexibility index (Phi) is 6.06. The third kappa shape index (κ3) is 4.20. The van der Waals surface area contributed by atoms with E-state index in [2.05, 4.69) is 10.1 Å². The number of hydrogen-bond acceptors (Lipinski definition) is 6. The number of carbonyl (C=O) groups excluding carboxylic acids is 3. The van der Waals surface area contributed by atoms with Gasteiger partial charge in [0.05, 0.1) is 37.9 Å². The van der Waals surface area contributed by atoms with E-state index in [4.69, 9.17) is 4.74 Å². The van der Waals surface area contributed by atoms with Crippen LogP contribution in [0.2, 0.25) is 0 Å². The molecule has 0 saturated carbocycles. The van der Waals surface area contributed by atoms with E-state index < -0.39 is 12.0 Å². The molecular weight excluding hydrogens is 360 g/mol. The number of methoxy groups -OCH3 is 2. The van der Waals surface area contributed by atoms with Crippen molar-refractivity contribution >= 4 is 23.5 Å². The summed E-state index contributed by atoms with van der Waals surface area (Å²) in [7, 11) is 2.92. The molecule has 3 rings (SSSR count). The third-order valence-electron chi connectivity index (χ3n) is 4.66. The van der Waals surface area contributed by atoms with E-state index in [-0.39, 0.29) is 18.2 Å². The van der Waals surface area contributed by atoms with Crippen molar-refractivity contribution in [2.24, 2.45) is 0 Å². The molecule has 0 unspecified atom stereocenters. The first-order valence-corrected chi connectivity index (χ1v) is 8.95. The van der Waals surface area contributed by atoms with Crippen molar-refractivity contribution in [1.82, 2.24) is 5.32 Å². The largest absolute Gasteiger partial charge is 0.497 e. The van der Waals surface area contributed by atoms with E-state index in [9.17, 15) is 14.4 Å². The van der Waals surface area contributed by atoms with Gasteiger partial charge in [0.2, 0.25) is 5.91 Å². The zero-order valence-corrected chi connectivity index (χ0v) is 15.8. The number of amides is 2. The number of ether oxygens (including phenoxy) is 2. The normalized spacial score (nSPS) is 16.4. The van der Waals surface area contributed by atoms with Crippen molar-refractivity contribution in [3.05, 3.63) is 59.7 Å². The number of imide groups is 1. The standard InChI is InChI=1S/C21H22N2O5/c1-27-17-9-3-14(4-10-17)11-12-22-18-13-19(24)23(20(18)25)16-7-5-15(6-8-16)21(26)28-2/h3-10,18,22H,11-13H2,1-2H3/t18-/m1/s1. The molecular formula is C21H22N2O5. The van der Waals surface area contributed by atoms with E-state index in [0.717, 1.165) is 22.6 Å². The van der Waals surface area contributed by atoms with Crippen molar-refractivity contribution in [2.75, 3.05) is 25.7 Å². The van der Waals surface area contributed by atoms with Gasteiger partial charge < -0.3 is 14.8 Å². The molecule has 0 aliphatic carbocycles. The molecule has 0 spiro atoms. The Morgan fingerprint density at radius 1 is 1.07 bits per heavy atom. The summed E-state index contributed by atoms with van der Waals surface area (Å²) in [5.41, 5.74) is 1.92. The summed E-state index contributed by atoms with van der Waals surface area (Å²) < 4.78 is 9.78. The van der Waals surface area contributed by atoms with Crippen molar-refractivity contribution < 1.29 is 23.9 Å². The smallest absolute Gasteiger partial charge is 0.337 e. The summed E-state index contributed by atoms with van der Waals surface area (Å²) in [6.07, 6.45) is 0.843. The maximum Gasteiger partial charge on any atom is 0.337 e. The molecule has 7 nitrogen and oxygen atoms in total. The number of anilines is 1. The number of benzene rings is 2. The summed E-state index contributed by atoms with van der Waals surface area (Å²) in [6, 6.07) is 13.4. The van der Waals surface area contributed by atoms with Gasteiger partial charge in [-0.3, -0.25) is 9.59 Å². The molecule has 7 heteroatoms. The number of rotatable bonds is 7. The first kappa shape index (κ1) is 19.6. The SMILES string of the molecule is COC(=O)c1ccc(N2C(=O)C[C@@H](NCCc3ccc(OC)cc3)C2=O)cc1. The molecule has 0 radical (unpaired) electrons. The van der Waals surface area contributed by atoms with Gasteiger partial charge in [0.25, 0.3) is 5.91 Å². The molecule has 1 heterocycles. The van der Waals surface area contributed by atoms with Crippen LogP contribution in [0, 0.1) is 0 Å². The monoisotopic (exact) mass is 382 g/mol. The molecule has 2 aromatic rings. The summed E-state index contributed by atoms with van der Waals surface area (Å²) in [6.45, 7) is 0.575. The molecule has 28 heavy (non-hydrogen) atoms. The quantitative estimate of drug-likeness (QED) is 0.582. The second-order valence-electron chi connectivity index (χ2n) is 6.41. The van der Waals surface area contributed by atoms with Gasteiger partial charge in [-0.25, -0.2) is 9.69 Å². The average molecular weight is 382 g/mol. The predicted octanol–water partition coefficient (Wildman–Crippen LogP) is 1.95. The van der Waals surface area contributed by atoms with E-state index >= 15 is 0 Å². The molecule has 1 fully saturated rings. The highest BCUT2D eigenvalue weighted by atomic mass is 16.5. The molecule has 0 bridgehead atoms. The lowest BCUT2D eigenvalue weighted by atomic mass is 10.1. The maximum absolute atomic E-state index is 12.7. The van der Waals surface area contributed by atoms with Crippen LogP contribution in [0.25, 0.3) is 0 Å². The molecule has 1 atom stereocenters. The molecule has 1 saturated heterocycles. The minimum Gasteiger partial charge on any atom is -0.497 e. The Bertz CT molecular complexity index is 861. The molecule has 2 aromatic carbocycles. The Labute approximate surface area is 163 Å². The lowest BCUT2D eigenvalue weighted by Crippen LogP contribution is -2.39. The van der Waals surface area contributed by atoms with Crippen LogP contribution in [0.4, 0.5) is 5.69 Å². The maximum atomic E-state index is 12.7. The molecule has 146 valence electrons. The second-order valence-corrected chi connectivity index (χ2v) is 6.41. The lowest BCUT2D eigenvalue weighted by Gasteiger charge is -2.16. The molecule has 2 amide bonds. The highest BCUT2D eigenvalue weighted by molar-refractivity contribution is 6.22. The zero-order chi connectivity index (χ0) is 20.1. The zero-order valence-electron chi connectivity index (χ0n) is 15.8. The summed E-state index contributed by atoms with van der Waals surface area (Å²) in [4.78, 5) is 37.7. The number of hydrogen-bond donors (Lipinski definition) is 1. The number of nitrogens with zero attached hydrogens (tertiary/aromatic N) is 1. The fraction of sp³-hybridized carbons (Fsp3) is 0.286. The van der Waals surface area contributed by atoms with Gasteiger partial charge in [-0.1, -0.05) is 12.1 Å². The van der Waals surface area contributed by atoms with E-state index in [1.165, 1.54) is 19.2 Å². The number of esters is 1. The molecule has 0 aromatic heterocycles. The fourth-order valence-electron chi connectivity index (χ4n) is 3.11. The van der Waals surface area contributed by atoms with Gasteiger partial charge in [0.15, 0.2) is 0 Å². The minimum absolute atomic E-state index is 0.111. The topological polar surface area (TPSA) is 84.9 Å². The van der Waals surface area contributed by atoms with Crippen LogP contribution in [0.3, 0.4) is 0 Å². The summed E-state index contributed by atoms with van der Waals surface area (Å²) in [5.74, 6) is -0.228. The van der Waals surface area contributed by atoms with Crippen LogP contribution in [0.1, 0.15) is 22.3 Å². The Morgan fingerprint density at radius 3 is 2.36 bits per heavy atom. The van der Waals surface area contributed by atoms with Crippen LogP contribution < -0.4 is 15.0 Å². The Morgan fingerprint density at radius 2 is 1.75 bits per heavy atom. The second kappa shape index (κ2) is 8.67. The van der Waals surface area contributed by atoms with Crippen molar-refractivity contribution in [3.63, 3.8) is 0 Å². The van der Waals surface area contributed by atoms with Gasteiger partial charge in [0.1, 0.15) is 5.75 Å². The van der Waals surface area contributed by atoms with E-state index in [0.29, 0.717) is 17.8 Å². The average Bonchev–Trinajstić information content (AvgIpc) is 3.01. The van der Waals surface area contributed by atoms with Crippen molar-refractivity contribution in [2.45, 2.75) is 18.9 Å². The first-order chi connectivity index (χ1) is 13.5. The number of carbonyl (C=O) groups is 3. The molecule has 1 aliphatic heterocycles. The first-order valence-electron chi connectivity index (χ1n) is 8.95. The summed E-state index contributed by atoms with van der Waals surface area (Å²) in [5, 5.41) is 3.16. The van der Waals surface area contributed by atoms with Crippen molar-refractivity contribution in [1.29, 1.82) is 0 Å². The Balaban J connectivity index is 1.59. The summed E-state index contributed by atoms with van der Waals surface area (Å²) >= 11 is 0. The van der Waals surface area contributed by atoms with Crippen LogP contribution in [0.15, 0.2) is 48.5 Å². The van der Waals surface area contributed by atoms with Gasteiger partial charge in [-0.05, 0) is 54.9 Å². The molecule has 1 aliphatic rings. The van der Waals surface area contributed by atoms with Gasteiger partial charge in [0, 0.05) is 0 Å². The minimum atomic E-state index is -0.550. The highest BCUT2D eigenvalue weighted by Crippen LogP contribution is 2.23. The third-order valence-corrected chi connectivity index (χ3v) is 4.66. The van der Waals surface area contributed by atoms with E-state index in [1.54, 1.807) is 19.2 Å². The molecule has 1 N–H and O–H groups in total.